The van der Waals surface area contributed by atoms with Gasteiger partial charge in [-0.2, -0.15) is 0 Å². The van der Waals surface area contributed by atoms with Gasteiger partial charge in [0.2, 0.25) is 5.91 Å². The summed E-state index contributed by atoms with van der Waals surface area (Å²) in [7, 11) is 3.28. The van der Waals surface area contributed by atoms with Gasteiger partial charge in [0.05, 0.1) is 20.8 Å². The molecule has 29 heavy (non-hydrogen) atoms. The highest BCUT2D eigenvalue weighted by atomic mass is 16.5. The van der Waals surface area contributed by atoms with Crippen molar-refractivity contribution in [3.8, 4) is 11.5 Å². The molecule has 0 aromatic heterocycles. The lowest BCUT2D eigenvalue weighted by Gasteiger charge is -2.21. The van der Waals surface area contributed by atoms with Crippen LogP contribution in [0.2, 0.25) is 0 Å². The van der Waals surface area contributed by atoms with Gasteiger partial charge in [-0.3, -0.25) is 4.79 Å². The minimum absolute atomic E-state index is 0.227. The van der Waals surface area contributed by atoms with Gasteiger partial charge in [-0.05, 0) is 32.3 Å². The van der Waals surface area contributed by atoms with E-state index in [2.05, 4.69) is 10.6 Å². The van der Waals surface area contributed by atoms with Gasteiger partial charge in [-0.25, -0.2) is 4.99 Å². The highest BCUT2D eigenvalue weighted by Crippen LogP contribution is 2.31. The predicted molar refractivity (Wildman–Crippen MR) is 114 cm³/mol. The Bertz CT molecular complexity index is 716. The molecule has 2 N–H and O–H groups in total. The lowest BCUT2D eigenvalue weighted by atomic mass is 10.1. The van der Waals surface area contributed by atoms with Crippen LogP contribution in [0.4, 0.5) is 0 Å². The molecule has 7 heteroatoms. The van der Waals surface area contributed by atoms with Crippen molar-refractivity contribution in [1.82, 2.24) is 15.5 Å². The van der Waals surface area contributed by atoms with E-state index in [0.717, 1.165) is 50.4 Å². The van der Waals surface area contributed by atoms with Gasteiger partial charge in [0.1, 0.15) is 0 Å². The Kier molecular flexibility index (Phi) is 7.61. The molecular formula is C22H34N4O3. The van der Waals surface area contributed by atoms with Crippen LogP contribution in [0.15, 0.2) is 23.2 Å². The van der Waals surface area contributed by atoms with Crippen molar-refractivity contribution in [2.45, 2.75) is 51.6 Å². The second kappa shape index (κ2) is 10.4. The van der Waals surface area contributed by atoms with Crippen molar-refractivity contribution in [3.05, 3.63) is 23.8 Å². The molecule has 2 aliphatic rings. The van der Waals surface area contributed by atoms with E-state index in [1.54, 1.807) is 14.2 Å². The summed E-state index contributed by atoms with van der Waals surface area (Å²) in [6.07, 6.45) is 5.44. The van der Waals surface area contributed by atoms with Crippen molar-refractivity contribution < 1.29 is 14.3 Å². The second-order valence-electron chi connectivity index (χ2n) is 7.74. The van der Waals surface area contributed by atoms with Gasteiger partial charge in [-0.15, -0.1) is 0 Å². The van der Waals surface area contributed by atoms with Crippen LogP contribution >= 0.6 is 0 Å². The number of likely N-dealkylation sites (tertiary alicyclic amines) is 1. The number of carbonyl (C=O) groups is 1. The van der Waals surface area contributed by atoms with Gasteiger partial charge in [0.25, 0.3) is 0 Å². The Labute approximate surface area is 173 Å². The molecule has 1 heterocycles. The summed E-state index contributed by atoms with van der Waals surface area (Å²) in [4.78, 5) is 19.4. The molecule has 1 unspecified atom stereocenters. The quantitative estimate of drug-likeness (QED) is 0.542. The molecule has 160 valence electrons. The SMILES string of the molecule is CCNC(=NCc1cccc(OC)c1OC)NC1CCN(C(=O)C2CCCC2)C1. The third-order valence-electron chi connectivity index (χ3n) is 5.78. The first-order chi connectivity index (χ1) is 14.2. The highest BCUT2D eigenvalue weighted by Gasteiger charge is 2.32. The number of nitrogens with zero attached hydrogens (tertiary/aromatic N) is 2. The summed E-state index contributed by atoms with van der Waals surface area (Å²) in [5.74, 6) is 2.77. The fraction of sp³-hybridized carbons (Fsp3) is 0.636. The first kappa shape index (κ1) is 21.3. The van der Waals surface area contributed by atoms with Gasteiger partial charge in [-0.1, -0.05) is 25.0 Å². The van der Waals surface area contributed by atoms with Gasteiger partial charge in [0.15, 0.2) is 17.5 Å². The number of hydrogen-bond donors (Lipinski definition) is 2. The Morgan fingerprint density at radius 2 is 2.00 bits per heavy atom. The smallest absolute Gasteiger partial charge is 0.225 e. The second-order valence-corrected chi connectivity index (χ2v) is 7.74. The van der Waals surface area contributed by atoms with Crippen LogP contribution < -0.4 is 20.1 Å². The van der Waals surface area contributed by atoms with E-state index >= 15 is 0 Å². The molecule has 0 bridgehead atoms. The molecule has 1 aliphatic carbocycles. The zero-order valence-electron chi connectivity index (χ0n) is 17.9. The summed E-state index contributed by atoms with van der Waals surface area (Å²) in [6, 6.07) is 6.04. The standard InChI is InChI=1S/C22H34N4O3/c1-4-23-22(24-14-17-10-7-11-19(28-2)20(17)29-3)25-18-12-13-26(15-18)21(27)16-8-5-6-9-16/h7,10-11,16,18H,4-6,8-9,12-15H2,1-3H3,(H2,23,24,25). The number of ether oxygens (including phenoxy) is 2. The maximum absolute atomic E-state index is 12.7. The summed E-state index contributed by atoms with van der Waals surface area (Å²) in [6.45, 7) is 4.89. The number of hydrogen-bond acceptors (Lipinski definition) is 4. The van der Waals surface area contributed by atoms with Crippen LogP contribution in [0.1, 0.15) is 44.6 Å². The summed E-state index contributed by atoms with van der Waals surface area (Å²) in [5.41, 5.74) is 0.966. The third kappa shape index (κ3) is 5.34. The van der Waals surface area contributed by atoms with Crippen molar-refractivity contribution in [1.29, 1.82) is 0 Å². The summed E-state index contributed by atoms with van der Waals surface area (Å²) >= 11 is 0. The maximum Gasteiger partial charge on any atom is 0.225 e. The first-order valence-electron chi connectivity index (χ1n) is 10.7. The Balaban J connectivity index is 1.61. The molecule has 1 amide bonds. The Morgan fingerprint density at radius 1 is 1.21 bits per heavy atom. The largest absolute Gasteiger partial charge is 0.493 e. The molecule has 1 saturated carbocycles. The van der Waals surface area contributed by atoms with Gasteiger partial charge < -0.3 is 25.0 Å². The van der Waals surface area contributed by atoms with Crippen LogP contribution in [-0.2, 0) is 11.3 Å². The van der Waals surface area contributed by atoms with Crippen LogP contribution in [0, 0.1) is 5.92 Å². The minimum Gasteiger partial charge on any atom is -0.493 e. The topological polar surface area (TPSA) is 75.2 Å². The molecule has 0 spiro atoms. The fourth-order valence-corrected chi connectivity index (χ4v) is 4.27. The number of methoxy groups -OCH3 is 2. The number of aliphatic imine (C=N–C) groups is 1. The molecule has 1 saturated heterocycles. The van der Waals surface area contributed by atoms with E-state index < -0.39 is 0 Å². The van der Waals surface area contributed by atoms with E-state index in [0.29, 0.717) is 24.0 Å². The van der Waals surface area contributed by atoms with Gasteiger partial charge >= 0.3 is 0 Å². The van der Waals surface area contributed by atoms with E-state index in [4.69, 9.17) is 14.5 Å². The summed E-state index contributed by atoms with van der Waals surface area (Å²) in [5, 5.41) is 6.81. The van der Waals surface area contributed by atoms with E-state index in [-0.39, 0.29) is 12.0 Å². The summed E-state index contributed by atoms with van der Waals surface area (Å²) < 4.78 is 10.9. The molecule has 3 rings (SSSR count). The average Bonchev–Trinajstić information content (AvgIpc) is 3.43. The zero-order valence-corrected chi connectivity index (χ0v) is 17.9. The molecule has 1 atom stereocenters. The lowest BCUT2D eigenvalue weighted by molar-refractivity contribution is -0.134. The number of carbonyl (C=O) groups excluding carboxylic acids is 1. The Hall–Kier alpha value is -2.44. The average molecular weight is 403 g/mol. The predicted octanol–water partition coefficient (Wildman–Crippen LogP) is 2.55. The molecule has 7 nitrogen and oxygen atoms in total. The van der Waals surface area contributed by atoms with Crippen molar-refractivity contribution in [2.75, 3.05) is 33.9 Å². The Morgan fingerprint density at radius 3 is 2.69 bits per heavy atom. The number of para-hydroxylation sites is 1. The monoisotopic (exact) mass is 402 g/mol. The number of nitrogens with one attached hydrogen (secondary N) is 2. The van der Waals surface area contributed by atoms with E-state index in [1.165, 1.54) is 12.8 Å². The van der Waals surface area contributed by atoms with Crippen molar-refractivity contribution >= 4 is 11.9 Å². The normalized spacial score (nSPS) is 20.0. The minimum atomic E-state index is 0.227. The number of amides is 1. The number of rotatable bonds is 7. The number of guanidine groups is 1. The molecule has 2 fully saturated rings. The molecule has 1 aromatic carbocycles. The lowest BCUT2D eigenvalue weighted by Crippen LogP contribution is -2.45. The maximum atomic E-state index is 12.7. The molecule has 0 radical (unpaired) electrons. The van der Waals surface area contributed by atoms with Crippen molar-refractivity contribution in [3.63, 3.8) is 0 Å². The third-order valence-corrected chi connectivity index (χ3v) is 5.78. The van der Waals surface area contributed by atoms with E-state index in [1.807, 2.05) is 30.0 Å². The highest BCUT2D eigenvalue weighted by molar-refractivity contribution is 5.81. The van der Waals surface area contributed by atoms with Crippen LogP contribution in [0.3, 0.4) is 0 Å². The van der Waals surface area contributed by atoms with Gasteiger partial charge in [0, 0.05) is 37.2 Å². The van der Waals surface area contributed by atoms with Crippen molar-refractivity contribution in [2.24, 2.45) is 10.9 Å². The number of benzene rings is 1. The molecule has 1 aromatic rings. The van der Waals surface area contributed by atoms with Crippen LogP contribution in [0.25, 0.3) is 0 Å². The molecular weight excluding hydrogens is 368 g/mol. The first-order valence-corrected chi connectivity index (χ1v) is 10.7. The zero-order chi connectivity index (χ0) is 20.6. The van der Waals surface area contributed by atoms with Crippen LogP contribution in [-0.4, -0.2) is 56.7 Å². The van der Waals surface area contributed by atoms with E-state index in [9.17, 15) is 4.79 Å². The fourth-order valence-electron chi connectivity index (χ4n) is 4.27. The molecule has 1 aliphatic heterocycles. The van der Waals surface area contributed by atoms with Crippen LogP contribution in [0.5, 0.6) is 11.5 Å².